The predicted molar refractivity (Wildman–Crippen MR) is 104 cm³/mol. The van der Waals surface area contributed by atoms with Gasteiger partial charge in [0, 0.05) is 16.1 Å². The normalized spacial score (nSPS) is 13.0. The number of rotatable bonds is 5. The molecule has 32 heavy (non-hydrogen) atoms. The van der Waals surface area contributed by atoms with Gasteiger partial charge in [0.05, 0.1) is 12.2 Å². The molecule has 1 aromatic carbocycles. The number of nitriles is 1. The van der Waals surface area contributed by atoms with Crippen molar-refractivity contribution < 1.29 is 26.7 Å². The number of alkyl halides is 5. The second kappa shape index (κ2) is 8.44. The molecule has 0 radical (unpaired) electrons. The van der Waals surface area contributed by atoms with Gasteiger partial charge in [0.25, 0.3) is 5.91 Å². The lowest BCUT2D eigenvalue weighted by Gasteiger charge is -2.21. The molecule has 0 saturated heterocycles. The molecular weight excluding hydrogens is 479 g/mol. The summed E-state index contributed by atoms with van der Waals surface area (Å²) in [4.78, 5) is 21.2. The number of thiazole rings is 1. The van der Waals surface area contributed by atoms with E-state index in [1.807, 2.05) is 6.07 Å². The van der Waals surface area contributed by atoms with Gasteiger partial charge in [0.15, 0.2) is 5.82 Å². The lowest BCUT2D eigenvalue weighted by atomic mass is 10.0. The Balaban J connectivity index is 1.90. The van der Waals surface area contributed by atoms with E-state index in [-0.39, 0.29) is 5.82 Å². The molecule has 0 aliphatic carbocycles. The second-order valence-corrected chi connectivity index (χ2v) is 7.99. The molecule has 0 saturated carbocycles. The molecule has 2 aromatic heterocycles. The third kappa shape index (κ3) is 4.56. The number of carbonyl (C=O) groups is 1. The third-order valence-corrected chi connectivity index (χ3v) is 5.23. The van der Waals surface area contributed by atoms with Crippen LogP contribution in [0.15, 0.2) is 24.4 Å². The fourth-order valence-electron chi connectivity index (χ4n) is 2.68. The van der Waals surface area contributed by atoms with Crippen molar-refractivity contribution in [3.63, 3.8) is 0 Å². The number of amides is 1. The smallest absolute Gasteiger partial charge is 0.342 e. The quantitative estimate of drug-likeness (QED) is 0.523. The van der Waals surface area contributed by atoms with Gasteiger partial charge in [-0.05, 0) is 32.0 Å². The van der Waals surface area contributed by atoms with Crippen LogP contribution in [0.3, 0.4) is 0 Å². The number of benzene rings is 1. The Hall–Kier alpha value is -3.11. The highest BCUT2D eigenvalue weighted by Crippen LogP contribution is 2.44. The highest BCUT2D eigenvalue weighted by molar-refractivity contribution is 7.14. The van der Waals surface area contributed by atoms with E-state index in [0.29, 0.717) is 28.0 Å². The standard InChI is InChI=1S/C18H12ClF5N6OS/c1-8(14-28-9(2)29-30(14)16-26-7-13(6-25)32-16)27-15(31)10-3-11(5-12(19)4-10)17(20,21)18(22,23)24/h3-5,7-8H,1-2H3,(H,27,31). The summed E-state index contributed by atoms with van der Waals surface area (Å²) in [6.07, 6.45) is -4.53. The van der Waals surface area contributed by atoms with Crippen molar-refractivity contribution in [3.8, 4) is 11.2 Å². The van der Waals surface area contributed by atoms with Crippen molar-refractivity contribution >= 4 is 28.8 Å². The molecule has 0 aliphatic heterocycles. The summed E-state index contributed by atoms with van der Waals surface area (Å²) >= 11 is 6.71. The number of aryl methyl sites for hydroxylation is 1. The van der Waals surface area contributed by atoms with Gasteiger partial charge in [-0.15, -0.1) is 5.10 Å². The minimum absolute atomic E-state index is 0.206. The highest BCUT2D eigenvalue weighted by Gasteiger charge is 2.58. The number of carbonyl (C=O) groups excluding carboxylic acids is 1. The Morgan fingerprint density at radius 3 is 2.56 bits per heavy atom. The molecular formula is C18H12ClF5N6OS. The number of aromatic nitrogens is 4. The minimum Gasteiger partial charge on any atom is -0.342 e. The number of nitrogens with one attached hydrogen (secondary N) is 1. The van der Waals surface area contributed by atoms with E-state index in [4.69, 9.17) is 16.9 Å². The molecule has 0 spiro atoms. The Kier molecular flexibility index (Phi) is 6.21. The van der Waals surface area contributed by atoms with E-state index in [1.54, 1.807) is 6.92 Å². The maximum atomic E-state index is 13.7. The lowest BCUT2D eigenvalue weighted by Crippen LogP contribution is -2.34. The summed E-state index contributed by atoms with van der Waals surface area (Å²) in [5, 5.41) is 15.4. The van der Waals surface area contributed by atoms with E-state index in [1.165, 1.54) is 17.8 Å². The second-order valence-electron chi connectivity index (χ2n) is 6.54. The third-order valence-electron chi connectivity index (χ3n) is 4.14. The molecule has 1 atom stereocenters. The van der Waals surface area contributed by atoms with Crippen molar-refractivity contribution in [1.82, 2.24) is 25.1 Å². The minimum atomic E-state index is -5.86. The van der Waals surface area contributed by atoms with Gasteiger partial charge in [-0.1, -0.05) is 22.9 Å². The van der Waals surface area contributed by atoms with Crippen molar-refractivity contribution in [2.75, 3.05) is 0 Å². The molecule has 1 N–H and O–H groups in total. The fourth-order valence-corrected chi connectivity index (χ4v) is 3.59. The van der Waals surface area contributed by atoms with Crippen LogP contribution in [-0.2, 0) is 5.92 Å². The van der Waals surface area contributed by atoms with E-state index in [0.717, 1.165) is 17.4 Å². The molecule has 1 amide bonds. The Morgan fingerprint density at radius 2 is 1.97 bits per heavy atom. The number of halogens is 6. The van der Waals surface area contributed by atoms with Crippen LogP contribution in [0, 0.1) is 18.3 Å². The van der Waals surface area contributed by atoms with Gasteiger partial charge in [0.2, 0.25) is 5.13 Å². The van der Waals surface area contributed by atoms with Crippen LogP contribution in [0.25, 0.3) is 5.13 Å². The lowest BCUT2D eigenvalue weighted by molar-refractivity contribution is -0.289. The number of hydrogen-bond acceptors (Lipinski definition) is 6. The topological polar surface area (TPSA) is 96.5 Å². The molecule has 0 bridgehead atoms. The van der Waals surface area contributed by atoms with Gasteiger partial charge in [0.1, 0.15) is 16.8 Å². The van der Waals surface area contributed by atoms with E-state index in [9.17, 15) is 26.7 Å². The number of nitrogens with zero attached hydrogens (tertiary/aromatic N) is 5. The van der Waals surface area contributed by atoms with Crippen LogP contribution < -0.4 is 5.32 Å². The zero-order chi connectivity index (χ0) is 23.8. The summed E-state index contributed by atoms with van der Waals surface area (Å²) in [5.41, 5.74) is -1.95. The number of hydrogen-bond donors (Lipinski definition) is 1. The van der Waals surface area contributed by atoms with Crippen LogP contribution in [0.4, 0.5) is 22.0 Å². The van der Waals surface area contributed by atoms with Gasteiger partial charge in [-0.25, -0.2) is 9.97 Å². The zero-order valence-corrected chi connectivity index (χ0v) is 17.8. The van der Waals surface area contributed by atoms with E-state index < -0.39 is 40.2 Å². The monoisotopic (exact) mass is 490 g/mol. The summed E-state index contributed by atoms with van der Waals surface area (Å²) in [6, 6.07) is 2.92. The molecule has 14 heteroatoms. The van der Waals surface area contributed by atoms with Crippen LogP contribution in [0.2, 0.25) is 5.02 Å². The maximum absolute atomic E-state index is 13.7. The molecule has 3 aromatic rings. The van der Waals surface area contributed by atoms with Gasteiger partial charge in [-0.2, -0.15) is 31.9 Å². The molecule has 1 unspecified atom stereocenters. The van der Waals surface area contributed by atoms with Gasteiger partial charge < -0.3 is 5.32 Å². The van der Waals surface area contributed by atoms with Crippen molar-refractivity contribution in [1.29, 1.82) is 5.26 Å². The maximum Gasteiger partial charge on any atom is 0.458 e. The van der Waals surface area contributed by atoms with Crippen LogP contribution in [-0.4, -0.2) is 31.8 Å². The summed E-state index contributed by atoms with van der Waals surface area (Å²) < 4.78 is 66.9. The van der Waals surface area contributed by atoms with Crippen molar-refractivity contribution in [2.45, 2.75) is 32.0 Å². The molecule has 3 rings (SSSR count). The first kappa shape index (κ1) is 23.6. The molecule has 2 heterocycles. The van der Waals surface area contributed by atoms with Crippen molar-refractivity contribution in [3.05, 3.63) is 57.1 Å². The largest absolute Gasteiger partial charge is 0.458 e. The first-order chi connectivity index (χ1) is 14.8. The summed E-state index contributed by atoms with van der Waals surface area (Å²) in [7, 11) is 0. The predicted octanol–water partition coefficient (Wildman–Crippen LogP) is 4.70. The van der Waals surface area contributed by atoms with Crippen molar-refractivity contribution in [2.24, 2.45) is 0 Å². The van der Waals surface area contributed by atoms with Gasteiger partial charge >= 0.3 is 12.1 Å². The average molecular weight is 491 g/mol. The zero-order valence-electron chi connectivity index (χ0n) is 16.2. The Labute approximate surface area is 186 Å². The Morgan fingerprint density at radius 1 is 1.28 bits per heavy atom. The fraction of sp³-hybridized carbons (Fsp3) is 0.278. The van der Waals surface area contributed by atoms with E-state index in [2.05, 4.69) is 20.4 Å². The molecule has 0 fully saturated rings. The van der Waals surface area contributed by atoms with Crippen LogP contribution in [0.5, 0.6) is 0 Å². The van der Waals surface area contributed by atoms with Gasteiger partial charge in [-0.3, -0.25) is 4.79 Å². The molecule has 168 valence electrons. The highest BCUT2D eigenvalue weighted by atomic mass is 35.5. The first-order valence-corrected chi connectivity index (χ1v) is 9.89. The summed E-state index contributed by atoms with van der Waals surface area (Å²) in [6.45, 7) is 3.09. The first-order valence-electron chi connectivity index (χ1n) is 8.70. The van der Waals surface area contributed by atoms with Crippen LogP contribution >= 0.6 is 22.9 Å². The van der Waals surface area contributed by atoms with Crippen LogP contribution in [0.1, 0.15) is 45.4 Å². The molecule has 7 nitrogen and oxygen atoms in total. The molecule has 0 aliphatic rings. The summed E-state index contributed by atoms with van der Waals surface area (Å²) in [5.74, 6) is -5.62. The Bertz CT molecular complexity index is 1220. The SMILES string of the molecule is Cc1nc(C(C)NC(=O)c2cc(Cl)cc(C(F)(F)C(F)(F)F)c2)n(-c2ncc(C#N)s2)n1. The average Bonchev–Trinajstić information content (AvgIpc) is 3.32. The van der Waals surface area contributed by atoms with E-state index >= 15 is 0 Å².